The summed E-state index contributed by atoms with van der Waals surface area (Å²) in [5.41, 5.74) is 0.681. The van der Waals surface area contributed by atoms with E-state index in [4.69, 9.17) is 9.47 Å². The van der Waals surface area contributed by atoms with Gasteiger partial charge < -0.3 is 9.47 Å². The highest BCUT2D eigenvalue weighted by molar-refractivity contribution is 6.00. The van der Waals surface area contributed by atoms with E-state index in [-0.39, 0.29) is 0 Å². The molecule has 0 saturated heterocycles. The molecule has 3 rings (SSSR count). The fraction of sp³-hybridized carbons (Fsp3) is 0.0909. The van der Waals surface area contributed by atoms with Crippen LogP contribution in [0.3, 0.4) is 0 Å². The maximum absolute atomic E-state index is 11.7. The number of fused-ring (bicyclic) bond motifs is 2. The molecule has 0 atom stereocenters. The number of esters is 2. The monoisotopic (exact) mass is 346 g/mol. The van der Waals surface area contributed by atoms with Crippen LogP contribution in [0.5, 0.6) is 11.5 Å². The molecule has 0 heterocycles. The number of hydrogen-bond acceptors (Lipinski definition) is 4. The second-order valence-corrected chi connectivity index (χ2v) is 6.21. The van der Waals surface area contributed by atoms with Crippen LogP contribution in [0.2, 0.25) is 0 Å². The molecule has 3 aromatic carbocycles. The molecule has 0 aliphatic rings. The van der Waals surface area contributed by atoms with E-state index >= 15 is 0 Å². The molecule has 26 heavy (non-hydrogen) atoms. The first-order chi connectivity index (χ1) is 12.3. The maximum Gasteiger partial charge on any atom is 0.338 e. The maximum atomic E-state index is 11.7. The van der Waals surface area contributed by atoms with Gasteiger partial charge in [0.15, 0.2) is 0 Å². The third-order valence-corrected chi connectivity index (χ3v) is 3.86. The first kappa shape index (κ1) is 17.4. The summed E-state index contributed by atoms with van der Waals surface area (Å²) in [5, 5.41) is 3.85. The summed E-state index contributed by atoms with van der Waals surface area (Å²) in [5.74, 6) is -0.0114. The van der Waals surface area contributed by atoms with Crippen LogP contribution >= 0.6 is 0 Å². The van der Waals surface area contributed by atoms with Crippen molar-refractivity contribution in [1.29, 1.82) is 0 Å². The van der Waals surface area contributed by atoms with Crippen molar-refractivity contribution in [3.8, 4) is 11.5 Å². The Balaban J connectivity index is 1.99. The number of benzene rings is 3. The average Bonchev–Trinajstić information content (AvgIpc) is 2.59. The molecule has 0 amide bonds. The van der Waals surface area contributed by atoms with Gasteiger partial charge in [0.1, 0.15) is 11.5 Å². The second-order valence-electron chi connectivity index (χ2n) is 6.21. The van der Waals surface area contributed by atoms with E-state index in [2.05, 4.69) is 13.2 Å². The van der Waals surface area contributed by atoms with E-state index < -0.39 is 11.9 Å². The van der Waals surface area contributed by atoms with Gasteiger partial charge in [-0.3, -0.25) is 0 Å². The van der Waals surface area contributed by atoms with Crippen molar-refractivity contribution in [3.63, 3.8) is 0 Å². The van der Waals surface area contributed by atoms with Crippen LogP contribution in [-0.2, 0) is 9.59 Å². The zero-order valence-corrected chi connectivity index (χ0v) is 14.7. The van der Waals surface area contributed by atoms with Crippen molar-refractivity contribution >= 4 is 33.5 Å². The third kappa shape index (κ3) is 3.64. The zero-order chi connectivity index (χ0) is 18.8. The van der Waals surface area contributed by atoms with E-state index in [1.165, 1.54) is 0 Å². The predicted molar refractivity (Wildman–Crippen MR) is 102 cm³/mol. The van der Waals surface area contributed by atoms with Crippen molar-refractivity contribution < 1.29 is 19.1 Å². The first-order valence-corrected chi connectivity index (χ1v) is 8.06. The van der Waals surface area contributed by atoms with Gasteiger partial charge in [0.25, 0.3) is 0 Å². The molecule has 0 fully saturated rings. The van der Waals surface area contributed by atoms with E-state index in [0.717, 1.165) is 21.5 Å². The molecular weight excluding hydrogens is 328 g/mol. The minimum Gasteiger partial charge on any atom is -0.423 e. The molecule has 4 nitrogen and oxygen atoms in total. The van der Waals surface area contributed by atoms with Gasteiger partial charge in [-0.2, -0.15) is 0 Å². The summed E-state index contributed by atoms with van der Waals surface area (Å²) in [7, 11) is 0. The fourth-order valence-electron chi connectivity index (χ4n) is 2.47. The molecular formula is C22H18O4. The molecule has 4 heteroatoms. The van der Waals surface area contributed by atoms with Gasteiger partial charge in [0, 0.05) is 11.1 Å². The topological polar surface area (TPSA) is 52.6 Å². The first-order valence-electron chi connectivity index (χ1n) is 8.06. The summed E-state index contributed by atoms with van der Waals surface area (Å²) in [6.45, 7) is 10.4. The van der Waals surface area contributed by atoms with Crippen LogP contribution in [0.25, 0.3) is 21.5 Å². The largest absolute Gasteiger partial charge is 0.423 e. The average molecular weight is 346 g/mol. The molecule has 0 aliphatic carbocycles. The molecule has 0 N–H and O–H groups in total. The van der Waals surface area contributed by atoms with Crippen molar-refractivity contribution in [2.24, 2.45) is 0 Å². The highest BCUT2D eigenvalue weighted by Gasteiger charge is 2.09. The van der Waals surface area contributed by atoms with E-state index in [0.29, 0.717) is 22.6 Å². The third-order valence-electron chi connectivity index (χ3n) is 3.86. The lowest BCUT2D eigenvalue weighted by atomic mass is 10.0. The molecule has 0 aliphatic heterocycles. The SMILES string of the molecule is C=C(C)C(=O)Oc1ccc2cc3ccc(OC(=O)C(=C)C)cc3cc2c1. The number of carbonyl (C=O) groups excluding carboxylic acids is 2. The second kappa shape index (κ2) is 6.84. The van der Waals surface area contributed by atoms with Crippen LogP contribution in [0.1, 0.15) is 13.8 Å². The Bertz CT molecular complexity index is 993. The standard InChI is InChI=1S/C22H18O4/c1-13(2)21(23)25-19-7-5-15-9-16-6-8-20(26-22(24)14(3)4)12-18(16)10-17(15)11-19/h5-12H,1,3H2,2,4H3. The highest BCUT2D eigenvalue weighted by atomic mass is 16.5. The van der Waals surface area contributed by atoms with Gasteiger partial charge in [-0.05, 0) is 71.8 Å². The Kier molecular flexibility index (Phi) is 4.59. The molecule has 0 spiro atoms. The lowest BCUT2D eigenvalue weighted by Gasteiger charge is -2.08. The van der Waals surface area contributed by atoms with Gasteiger partial charge in [0.05, 0.1) is 0 Å². The van der Waals surface area contributed by atoms with Gasteiger partial charge >= 0.3 is 11.9 Å². The minimum atomic E-state index is -0.459. The Morgan fingerprint density at radius 3 is 1.42 bits per heavy atom. The fourth-order valence-corrected chi connectivity index (χ4v) is 2.47. The van der Waals surface area contributed by atoms with Crippen LogP contribution in [0.4, 0.5) is 0 Å². The lowest BCUT2D eigenvalue weighted by molar-refractivity contribution is -0.130. The molecule has 0 aromatic heterocycles. The summed E-state index contributed by atoms with van der Waals surface area (Å²) >= 11 is 0. The van der Waals surface area contributed by atoms with E-state index in [9.17, 15) is 9.59 Å². The Hall–Kier alpha value is -3.40. The molecule has 0 bridgehead atoms. The number of rotatable bonds is 4. The molecule has 0 saturated carbocycles. The van der Waals surface area contributed by atoms with Gasteiger partial charge in [0.2, 0.25) is 0 Å². The lowest BCUT2D eigenvalue weighted by Crippen LogP contribution is -2.08. The van der Waals surface area contributed by atoms with Gasteiger partial charge in [-0.1, -0.05) is 25.3 Å². The predicted octanol–water partition coefficient (Wildman–Crippen LogP) is 4.96. The van der Waals surface area contributed by atoms with Gasteiger partial charge in [-0.25, -0.2) is 9.59 Å². The molecule has 3 aromatic rings. The summed E-state index contributed by atoms with van der Waals surface area (Å²) in [4.78, 5) is 23.4. The van der Waals surface area contributed by atoms with Crippen LogP contribution in [-0.4, -0.2) is 11.9 Å². The smallest absolute Gasteiger partial charge is 0.338 e. The Morgan fingerprint density at radius 1 is 0.654 bits per heavy atom. The Labute approximate surface area is 151 Å². The number of hydrogen-bond donors (Lipinski definition) is 0. The van der Waals surface area contributed by atoms with Crippen LogP contribution in [0.15, 0.2) is 72.8 Å². The van der Waals surface area contributed by atoms with Crippen molar-refractivity contribution in [1.82, 2.24) is 0 Å². The van der Waals surface area contributed by atoms with Gasteiger partial charge in [-0.15, -0.1) is 0 Å². The van der Waals surface area contributed by atoms with Crippen molar-refractivity contribution in [2.45, 2.75) is 13.8 Å². The molecule has 0 unspecified atom stereocenters. The summed E-state index contributed by atoms with van der Waals surface area (Å²) in [6.07, 6.45) is 0. The summed E-state index contributed by atoms with van der Waals surface area (Å²) in [6, 6.07) is 14.9. The highest BCUT2D eigenvalue weighted by Crippen LogP contribution is 2.29. The molecule has 0 radical (unpaired) electrons. The zero-order valence-electron chi connectivity index (χ0n) is 14.7. The van der Waals surface area contributed by atoms with E-state index in [1.54, 1.807) is 38.1 Å². The van der Waals surface area contributed by atoms with Crippen LogP contribution in [0, 0.1) is 0 Å². The van der Waals surface area contributed by atoms with Crippen molar-refractivity contribution in [2.75, 3.05) is 0 Å². The normalized spacial score (nSPS) is 10.5. The van der Waals surface area contributed by atoms with E-state index in [1.807, 2.05) is 24.3 Å². The quantitative estimate of drug-likeness (QED) is 0.290. The Morgan fingerprint density at radius 2 is 1.04 bits per heavy atom. The number of carbonyl (C=O) groups is 2. The van der Waals surface area contributed by atoms with Crippen LogP contribution < -0.4 is 9.47 Å². The van der Waals surface area contributed by atoms with Crippen molar-refractivity contribution in [3.05, 3.63) is 72.8 Å². The molecule has 130 valence electrons. The summed E-state index contributed by atoms with van der Waals surface area (Å²) < 4.78 is 10.6. The number of ether oxygens (including phenoxy) is 2. The minimum absolute atomic E-state index is 0.340.